The van der Waals surface area contributed by atoms with Gasteiger partial charge in [0.05, 0.1) is 43.6 Å². The van der Waals surface area contributed by atoms with Gasteiger partial charge in [0.1, 0.15) is 46.6 Å². The van der Waals surface area contributed by atoms with E-state index in [1.807, 2.05) is 26.8 Å². The number of hydroxylamine groups is 2. The third kappa shape index (κ3) is 17.4. The number of aryl methyl sites for hydroxylation is 1. The molecule has 0 radical (unpaired) electrons. The molecule has 0 spiro atoms. The summed E-state index contributed by atoms with van der Waals surface area (Å²) < 4.78 is 28.0. The minimum atomic E-state index is -1.97. The quantitative estimate of drug-likeness (QED) is 0.0335. The number of imide groups is 1. The number of halogens is 1. The average Bonchev–Trinajstić information content (AvgIpc) is 4.23. The largest absolute Gasteiger partial charge is 0.507 e. The lowest BCUT2D eigenvalue weighted by Gasteiger charge is -2.43. The van der Waals surface area contributed by atoms with Gasteiger partial charge in [-0.2, -0.15) is 5.10 Å². The molecule has 4 bridgehead atoms. The number of aromatic hydroxyl groups is 1. The van der Waals surface area contributed by atoms with E-state index in [2.05, 4.69) is 15.8 Å². The minimum absolute atomic E-state index is 0.00121. The first-order chi connectivity index (χ1) is 39.0. The first-order valence-corrected chi connectivity index (χ1v) is 29.9. The van der Waals surface area contributed by atoms with Gasteiger partial charge in [0.25, 0.3) is 11.8 Å². The minimum Gasteiger partial charge on any atom is -0.507 e. The fourth-order valence-electron chi connectivity index (χ4n) is 9.93. The second kappa shape index (κ2) is 28.5. The second-order valence-corrected chi connectivity index (χ2v) is 25.5. The standard InChI is InChI=1S/C57H75ClN6O17S2/c1-32-13-11-14-43(77-10)57(75)30-42(79-54(73)59-57)33(2)29-56(6,74)44(28-49(70)63(8)39-24-35(23-32)25-41(76-9)52(39)58)80-53(72)34(3)62(7)46(67)20-22-82-83-55(4,5)31-45(66)61-60-38-17-16-36-26-37(27-40(65)51(36)38)78-21-12-15-50(71)81-64-47(68)18-19-48(64)69/h11,13-14,24-27,33-34,42-44,65,74-75H,12,15-23,28-31H2,1-10H3,(H,59,73)(H,61,66)/b14-11+,32-13+,60-38+/t33-,34-,42-,43+,44-,56?,57-/m0/s1. The van der Waals surface area contributed by atoms with Crippen molar-refractivity contribution in [3.05, 3.63) is 69.8 Å². The van der Waals surface area contributed by atoms with Crippen molar-refractivity contribution in [2.24, 2.45) is 11.0 Å². The number of hydrazone groups is 1. The number of methoxy groups -OCH3 is 2. The molecule has 4 aliphatic rings. The molecule has 6 rings (SSSR count). The van der Waals surface area contributed by atoms with E-state index in [-0.39, 0.29) is 74.7 Å². The maximum absolute atomic E-state index is 14.3. The summed E-state index contributed by atoms with van der Waals surface area (Å²) in [6.07, 6.45) is 1.31. The molecule has 2 aromatic carbocycles. The average molecular weight is 1220 g/mol. The third-order valence-corrected chi connectivity index (χ3v) is 18.3. The number of carbonyl (C=O) groups excluding carboxylic acids is 8. The van der Waals surface area contributed by atoms with Gasteiger partial charge in [0, 0.05) is 75.4 Å². The van der Waals surface area contributed by atoms with Crippen LogP contribution in [0.2, 0.25) is 5.02 Å². The van der Waals surface area contributed by atoms with Crippen LogP contribution < -0.4 is 25.1 Å². The topological polar surface area (TPSA) is 299 Å². The Balaban J connectivity index is 1.03. The van der Waals surface area contributed by atoms with Crippen molar-refractivity contribution in [2.75, 3.05) is 45.6 Å². The highest BCUT2D eigenvalue weighted by Crippen LogP contribution is 2.41. The molecule has 3 aliphatic heterocycles. The molecule has 0 saturated carbocycles. The van der Waals surface area contributed by atoms with Crippen LogP contribution in [0.3, 0.4) is 0 Å². The molecule has 6 amide bonds. The Labute approximate surface area is 495 Å². The van der Waals surface area contributed by atoms with E-state index in [0.717, 1.165) is 16.7 Å². The van der Waals surface area contributed by atoms with Gasteiger partial charge in [0.15, 0.2) is 5.72 Å². The third-order valence-electron chi connectivity index (χ3n) is 14.7. The van der Waals surface area contributed by atoms with Crippen molar-refractivity contribution in [3.63, 3.8) is 0 Å². The van der Waals surface area contributed by atoms with E-state index in [1.54, 1.807) is 37.3 Å². The zero-order valence-corrected chi connectivity index (χ0v) is 50.8. The fraction of sp³-hybridized carbons (Fsp3) is 0.561. The lowest BCUT2D eigenvalue weighted by atomic mass is 9.81. The summed E-state index contributed by atoms with van der Waals surface area (Å²) in [4.78, 5) is 111. The molecule has 26 heteroatoms. The van der Waals surface area contributed by atoms with E-state index < -0.39 is 94.4 Å². The maximum atomic E-state index is 14.3. The van der Waals surface area contributed by atoms with Crippen molar-refractivity contribution in [3.8, 4) is 17.2 Å². The number of hydrogen-bond acceptors (Lipinski definition) is 20. The fourth-order valence-corrected chi connectivity index (χ4v) is 12.7. The first kappa shape index (κ1) is 65.8. The number of amides is 6. The molecule has 454 valence electrons. The number of rotatable bonds is 19. The SMILES string of the molecule is COc1cc2cc(c1Cl)N(C)C(=O)C[C@H](OC(=O)[C@H](C)N(C)C(=O)CCSSC(C)(C)CC(=O)N/N=C1\CCc3cc(OCCCC(=O)ON4C(=O)CCC4=O)cc(O)c31)C(C)(O)C[C@H](C)[C@@H]1C[C@@](O)(NC(=O)O1)[C@H](OC)/C=C/C=C(\C)C2. The highest BCUT2D eigenvalue weighted by molar-refractivity contribution is 8.77. The normalized spacial score (nSPS) is 25.1. The summed E-state index contributed by atoms with van der Waals surface area (Å²) >= 11 is 6.80. The summed E-state index contributed by atoms with van der Waals surface area (Å²) in [6.45, 7) is 10.3. The Bertz CT molecular complexity index is 2880. The van der Waals surface area contributed by atoms with Crippen LogP contribution in [0, 0.1) is 5.92 Å². The number of carbonyl (C=O) groups is 8. The van der Waals surface area contributed by atoms with E-state index in [0.29, 0.717) is 58.5 Å². The van der Waals surface area contributed by atoms with E-state index in [1.165, 1.54) is 79.6 Å². The molecule has 1 aliphatic carbocycles. The highest BCUT2D eigenvalue weighted by Gasteiger charge is 2.49. The predicted octanol–water partition coefficient (Wildman–Crippen LogP) is 6.38. The number of phenolic OH excluding ortho intramolecular Hbond substituents is 1. The van der Waals surface area contributed by atoms with E-state index >= 15 is 0 Å². The van der Waals surface area contributed by atoms with E-state index in [4.69, 9.17) is 40.1 Å². The van der Waals surface area contributed by atoms with Gasteiger partial charge in [-0.05, 0) is 102 Å². The number of allylic oxidation sites excluding steroid dienone is 3. The lowest BCUT2D eigenvalue weighted by Crippen LogP contribution is -2.63. The molecule has 3 heterocycles. The van der Waals surface area contributed by atoms with Crippen LogP contribution in [0.1, 0.15) is 122 Å². The van der Waals surface area contributed by atoms with Gasteiger partial charge in [0.2, 0.25) is 17.7 Å². The number of benzene rings is 2. The molecular formula is C57H75ClN6O17S2. The molecule has 1 unspecified atom stereocenters. The van der Waals surface area contributed by atoms with Gasteiger partial charge < -0.3 is 53.6 Å². The lowest BCUT2D eigenvalue weighted by molar-refractivity contribution is -0.197. The summed E-state index contributed by atoms with van der Waals surface area (Å²) in [5.41, 5.74) is 2.32. The molecule has 2 fully saturated rings. The molecule has 23 nitrogen and oxygen atoms in total. The van der Waals surface area contributed by atoms with Crippen molar-refractivity contribution >= 4 is 92.2 Å². The Hall–Kier alpha value is -6.38. The molecule has 83 heavy (non-hydrogen) atoms. The molecule has 5 N–H and O–H groups in total. The molecular weight excluding hydrogens is 1140 g/mol. The smallest absolute Gasteiger partial charge is 0.409 e. The maximum Gasteiger partial charge on any atom is 0.409 e. The Morgan fingerprint density at radius 3 is 2.42 bits per heavy atom. The molecule has 2 aromatic rings. The van der Waals surface area contributed by atoms with Gasteiger partial charge in [-0.3, -0.25) is 29.3 Å². The molecule has 2 saturated heterocycles. The van der Waals surface area contributed by atoms with Crippen molar-refractivity contribution in [2.45, 2.75) is 159 Å². The number of likely N-dealkylation sites (N-methyl/N-ethyl adjacent to an activating group) is 1. The van der Waals surface area contributed by atoms with Gasteiger partial charge in [-0.25, -0.2) is 19.8 Å². The zero-order chi connectivity index (χ0) is 61.1. The highest BCUT2D eigenvalue weighted by atomic mass is 35.5. The number of fused-ring (bicyclic) bond motifs is 5. The number of anilines is 1. The van der Waals surface area contributed by atoms with Crippen molar-refractivity contribution in [1.29, 1.82) is 0 Å². The Kier molecular flexibility index (Phi) is 22.6. The number of hydrogen-bond donors (Lipinski definition) is 5. The van der Waals surface area contributed by atoms with Crippen LogP contribution in [0.25, 0.3) is 0 Å². The van der Waals surface area contributed by atoms with Crippen LogP contribution in [-0.4, -0.2) is 160 Å². The van der Waals surface area contributed by atoms with Gasteiger partial charge in [-0.1, -0.05) is 63.9 Å². The second-order valence-electron chi connectivity index (χ2n) is 22.0. The summed E-state index contributed by atoms with van der Waals surface area (Å²) in [6, 6.07) is 5.45. The Morgan fingerprint density at radius 1 is 1.02 bits per heavy atom. The number of alkyl carbamates (subject to hydrolysis) is 1. The molecule has 7 atom stereocenters. The number of ether oxygens (including phenoxy) is 5. The summed E-state index contributed by atoms with van der Waals surface area (Å²) in [5, 5.41) is 42.5. The number of phenols is 1. The predicted molar refractivity (Wildman–Crippen MR) is 309 cm³/mol. The van der Waals surface area contributed by atoms with Gasteiger partial charge >= 0.3 is 18.0 Å². The van der Waals surface area contributed by atoms with Crippen LogP contribution >= 0.6 is 33.2 Å². The van der Waals surface area contributed by atoms with Crippen molar-refractivity contribution < 1.29 is 82.2 Å². The van der Waals surface area contributed by atoms with Crippen LogP contribution in [-0.2, 0) is 65.5 Å². The monoisotopic (exact) mass is 1210 g/mol. The zero-order valence-electron chi connectivity index (χ0n) is 48.4. The number of aliphatic hydroxyl groups is 2. The Morgan fingerprint density at radius 2 is 1.73 bits per heavy atom. The van der Waals surface area contributed by atoms with Crippen molar-refractivity contribution in [1.82, 2.24) is 20.7 Å². The molecule has 0 aromatic heterocycles. The number of esters is 1. The van der Waals surface area contributed by atoms with E-state index in [9.17, 15) is 53.7 Å². The number of nitrogens with zero attached hydrogens (tertiary/aromatic N) is 4. The number of nitrogens with one attached hydrogen (secondary N) is 2. The summed E-state index contributed by atoms with van der Waals surface area (Å²) in [7, 11) is 8.52. The van der Waals surface area contributed by atoms with Gasteiger partial charge in [-0.15, -0.1) is 5.06 Å². The first-order valence-electron chi connectivity index (χ1n) is 27.2. The summed E-state index contributed by atoms with van der Waals surface area (Å²) in [5.74, 6) is -3.98. The van der Waals surface area contributed by atoms with Crippen LogP contribution in [0.15, 0.2) is 53.2 Å². The van der Waals surface area contributed by atoms with Crippen LogP contribution in [0.4, 0.5) is 10.5 Å². The van der Waals surface area contributed by atoms with Crippen LogP contribution in [0.5, 0.6) is 17.2 Å².